The molecule has 6 N–H and O–H groups in total. The number of aliphatic hydroxyl groups excluding tert-OH is 1. The van der Waals surface area contributed by atoms with Crippen molar-refractivity contribution < 1.29 is 14.7 Å². The van der Waals surface area contributed by atoms with E-state index in [-0.39, 0.29) is 30.2 Å². The minimum atomic E-state index is -1.35. The third-order valence-corrected chi connectivity index (χ3v) is 6.95. The molecule has 1 aromatic carbocycles. The number of benzene rings is 1. The van der Waals surface area contributed by atoms with Crippen molar-refractivity contribution in [3.8, 4) is 5.69 Å². The van der Waals surface area contributed by atoms with Gasteiger partial charge in [0.25, 0.3) is 0 Å². The summed E-state index contributed by atoms with van der Waals surface area (Å²) in [6.07, 6.45) is 3.54. The normalized spacial score (nSPS) is 19.5. The van der Waals surface area contributed by atoms with E-state index in [9.17, 15) is 19.5 Å². The van der Waals surface area contributed by atoms with Gasteiger partial charge in [-0.15, -0.1) is 12.4 Å². The molecule has 12 nitrogen and oxygen atoms in total. The van der Waals surface area contributed by atoms with E-state index in [2.05, 4.69) is 15.2 Å². The zero-order valence-corrected chi connectivity index (χ0v) is 22.4. The van der Waals surface area contributed by atoms with Gasteiger partial charge in [0.15, 0.2) is 0 Å². The Hall–Kier alpha value is -3.03. The van der Waals surface area contributed by atoms with Crippen molar-refractivity contribution in [2.24, 2.45) is 11.5 Å². The van der Waals surface area contributed by atoms with Crippen LogP contribution in [-0.2, 0) is 11.2 Å². The van der Waals surface area contributed by atoms with E-state index in [1.54, 1.807) is 17.2 Å². The smallest absolute Gasteiger partial charge is 0.354 e. The lowest BCUT2D eigenvalue weighted by Crippen LogP contribution is -2.60. The second-order valence-corrected chi connectivity index (χ2v) is 10.0. The van der Waals surface area contributed by atoms with Gasteiger partial charge in [0.2, 0.25) is 5.91 Å². The molecular formula is C25H37ClN8O4. The lowest BCUT2D eigenvalue weighted by atomic mass is 10.0. The van der Waals surface area contributed by atoms with E-state index in [1.807, 2.05) is 24.3 Å². The summed E-state index contributed by atoms with van der Waals surface area (Å²) in [6.45, 7) is 5.16. The Balaban J connectivity index is 0.00000400. The summed E-state index contributed by atoms with van der Waals surface area (Å²) >= 11 is 0. The molecule has 0 radical (unpaired) electrons. The third kappa shape index (κ3) is 7.08. The van der Waals surface area contributed by atoms with E-state index in [4.69, 9.17) is 11.5 Å². The van der Waals surface area contributed by atoms with Crippen LogP contribution >= 0.6 is 12.4 Å². The van der Waals surface area contributed by atoms with Crippen LogP contribution < -0.4 is 22.5 Å². The Kier molecular flexibility index (Phi) is 9.85. The first-order valence-electron chi connectivity index (χ1n) is 12.6. The highest BCUT2D eigenvalue weighted by Gasteiger charge is 2.34. The molecule has 0 saturated carbocycles. The van der Waals surface area contributed by atoms with Crippen LogP contribution in [0.25, 0.3) is 5.69 Å². The molecule has 3 amide bonds. The summed E-state index contributed by atoms with van der Waals surface area (Å²) in [6, 6.07) is 9.22. The number of likely N-dealkylation sites (tertiary alicyclic amines) is 1. The average Bonchev–Trinajstić information content (AvgIpc) is 3.32. The van der Waals surface area contributed by atoms with E-state index in [0.717, 1.165) is 32.5 Å². The predicted molar refractivity (Wildman–Crippen MR) is 147 cm³/mol. The fraction of sp³-hybridized carbons (Fsp3) is 0.520. The number of aliphatic hydroxyl groups is 1. The van der Waals surface area contributed by atoms with E-state index in [0.29, 0.717) is 31.9 Å². The number of amides is 3. The van der Waals surface area contributed by atoms with Gasteiger partial charge >= 0.3 is 11.7 Å². The summed E-state index contributed by atoms with van der Waals surface area (Å²) in [5.41, 5.74) is 11.8. The third-order valence-electron chi connectivity index (χ3n) is 6.95. The van der Waals surface area contributed by atoms with E-state index >= 15 is 0 Å². The number of nitrogens with one attached hydrogen (secondary N) is 1. The Morgan fingerprint density at radius 1 is 1.11 bits per heavy atom. The van der Waals surface area contributed by atoms with Gasteiger partial charge in [0.1, 0.15) is 11.4 Å². The Labute approximate surface area is 228 Å². The van der Waals surface area contributed by atoms with Gasteiger partial charge < -0.3 is 31.3 Å². The van der Waals surface area contributed by atoms with Crippen LogP contribution in [-0.4, -0.2) is 105 Å². The number of urea groups is 1. The number of anilines is 1. The van der Waals surface area contributed by atoms with Crippen molar-refractivity contribution in [2.75, 3.05) is 57.7 Å². The monoisotopic (exact) mass is 548 g/mol. The molecule has 2 aromatic rings. The largest absolute Gasteiger partial charge is 0.394 e. The molecular weight excluding hydrogens is 512 g/mol. The van der Waals surface area contributed by atoms with Crippen LogP contribution in [0, 0.1) is 0 Å². The molecule has 2 aliphatic heterocycles. The first-order chi connectivity index (χ1) is 17.7. The van der Waals surface area contributed by atoms with E-state index in [1.165, 1.54) is 22.0 Å². The second-order valence-electron chi connectivity index (χ2n) is 10.0. The topological polar surface area (TPSA) is 163 Å². The number of nitrogens with two attached hydrogens (primary N) is 2. The number of carbonyl (C=O) groups is 2. The van der Waals surface area contributed by atoms with Gasteiger partial charge in [-0.2, -0.15) is 4.98 Å². The summed E-state index contributed by atoms with van der Waals surface area (Å²) < 4.78 is 1.42. The molecule has 0 spiro atoms. The maximum Gasteiger partial charge on any atom is 0.354 e. The van der Waals surface area contributed by atoms with Crippen molar-refractivity contribution in [1.29, 1.82) is 0 Å². The van der Waals surface area contributed by atoms with Crippen LogP contribution in [0.15, 0.2) is 41.3 Å². The standard InChI is InChI=1S/C25H36N8O4.ClH/c1-25(27,17-34)22(35)31-12-14-32(15-13-31)23(36)28-21-8-11-33(24(37)29-21)20-4-2-18(3-5-20)6-9-30-10-7-19(26)16-30;/h2-5,8,11,19,34H,6-7,9-10,12-17,26-27H2,1H3,(H,28,29,36,37);1H/t19-,25-;/m0./s1. The van der Waals surface area contributed by atoms with Gasteiger partial charge in [-0.3, -0.25) is 14.7 Å². The fourth-order valence-electron chi connectivity index (χ4n) is 4.58. The van der Waals surface area contributed by atoms with Gasteiger partial charge in [-0.25, -0.2) is 9.59 Å². The average molecular weight is 549 g/mol. The SMILES string of the molecule is C[C@](N)(CO)C(=O)N1CCN(C(=O)Nc2ccn(-c3ccc(CCN4CC[C@H](N)C4)cc3)c(=O)n2)CC1.Cl. The Morgan fingerprint density at radius 2 is 1.76 bits per heavy atom. The number of rotatable bonds is 7. The highest BCUT2D eigenvalue weighted by molar-refractivity contribution is 5.89. The van der Waals surface area contributed by atoms with Gasteiger partial charge in [-0.05, 0) is 50.1 Å². The molecule has 2 fully saturated rings. The molecule has 0 aliphatic carbocycles. The quantitative estimate of drug-likeness (QED) is 0.363. The molecule has 2 atom stereocenters. The maximum atomic E-state index is 12.7. The summed E-state index contributed by atoms with van der Waals surface area (Å²) in [7, 11) is 0. The zero-order chi connectivity index (χ0) is 26.6. The zero-order valence-electron chi connectivity index (χ0n) is 21.6. The maximum absolute atomic E-state index is 12.7. The van der Waals surface area contributed by atoms with Crippen molar-refractivity contribution in [2.45, 2.75) is 31.3 Å². The van der Waals surface area contributed by atoms with Gasteiger partial charge in [0, 0.05) is 51.5 Å². The lowest BCUT2D eigenvalue weighted by molar-refractivity contribution is -0.139. The summed E-state index contributed by atoms with van der Waals surface area (Å²) in [5, 5.41) is 12.0. The van der Waals surface area contributed by atoms with E-state index < -0.39 is 23.9 Å². The Bertz CT molecular complexity index is 1160. The molecule has 208 valence electrons. The van der Waals surface area contributed by atoms with Crippen molar-refractivity contribution in [3.63, 3.8) is 0 Å². The molecule has 13 heteroatoms. The van der Waals surface area contributed by atoms with Crippen molar-refractivity contribution in [1.82, 2.24) is 24.3 Å². The molecule has 3 heterocycles. The van der Waals surface area contributed by atoms with Crippen LogP contribution in [0.3, 0.4) is 0 Å². The van der Waals surface area contributed by atoms with Crippen LogP contribution in [0.5, 0.6) is 0 Å². The fourth-order valence-corrected chi connectivity index (χ4v) is 4.58. The van der Waals surface area contributed by atoms with Gasteiger partial charge in [-0.1, -0.05) is 12.1 Å². The molecule has 1 aromatic heterocycles. The second kappa shape index (κ2) is 12.7. The summed E-state index contributed by atoms with van der Waals surface area (Å²) in [4.78, 5) is 47.2. The predicted octanol–water partition coefficient (Wildman–Crippen LogP) is -0.384. The molecule has 4 rings (SSSR count). The Morgan fingerprint density at radius 3 is 2.34 bits per heavy atom. The number of piperazine rings is 1. The molecule has 0 bridgehead atoms. The number of aromatic nitrogens is 2. The molecule has 38 heavy (non-hydrogen) atoms. The highest BCUT2D eigenvalue weighted by atomic mass is 35.5. The van der Waals surface area contributed by atoms with Crippen LogP contribution in [0.2, 0.25) is 0 Å². The number of halogens is 1. The molecule has 2 saturated heterocycles. The van der Waals surface area contributed by atoms with Crippen molar-refractivity contribution >= 4 is 30.2 Å². The van der Waals surface area contributed by atoms with Crippen LogP contribution in [0.1, 0.15) is 18.9 Å². The number of carbonyl (C=O) groups excluding carboxylic acids is 2. The molecule has 0 unspecified atom stereocenters. The number of hydrogen-bond donors (Lipinski definition) is 4. The van der Waals surface area contributed by atoms with Crippen LogP contribution in [0.4, 0.5) is 10.6 Å². The highest BCUT2D eigenvalue weighted by Crippen LogP contribution is 2.13. The number of hydrogen-bond acceptors (Lipinski definition) is 8. The first kappa shape index (κ1) is 29.5. The van der Waals surface area contributed by atoms with Gasteiger partial charge in [0.05, 0.1) is 12.3 Å². The lowest BCUT2D eigenvalue weighted by Gasteiger charge is -2.37. The summed E-state index contributed by atoms with van der Waals surface area (Å²) in [5.74, 6) is -0.204. The number of nitrogens with zero attached hydrogens (tertiary/aromatic N) is 5. The first-order valence-corrected chi connectivity index (χ1v) is 12.6. The van der Waals surface area contributed by atoms with Crippen molar-refractivity contribution in [3.05, 3.63) is 52.6 Å². The molecule has 2 aliphatic rings. The minimum Gasteiger partial charge on any atom is -0.394 e. The minimum absolute atomic E-state index is 0.